The summed E-state index contributed by atoms with van der Waals surface area (Å²) in [5.74, 6) is 2.61. The van der Waals surface area contributed by atoms with Gasteiger partial charge in [-0.15, -0.1) is 0 Å². The van der Waals surface area contributed by atoms with Crippen molar-refractivity contribution in [3.8, 4) is 17.2 Å². The number of ether oxygens (including phenoxy) is 2. The van der Waals surface area contributed by atoms with E-state index in [9.17, 15) is 10.1 Å². The van der Waals surface area contributed by atoms with E-state index < -0.39 is 4.92 Å². The molecular weight excluding hydrogens is 364 g/mol. The third kappa shape index (κ3) is 3.58. The second kappa shape index (κ2) is 7.31. The third-order valence-electron chi connectivity index (χ3n) is 3.94. The van der Waals surface area contributed by atoms with E-state index in [2.05, 4.69) is 15.1 Å². The average molecular weight is 378 g/mol. The van der Waals surface area contributed by atoms with Gasteiger partial charge in [-0.2, -0.15) is 4.98 Å². The Morgan fingerprint density at radius 2 is 1.86 bits per heavy atom. The predicted molar refractivity (Wildman–Crippen MR) is 98.3 cm³/mol. The molecule has 2 aromatic heterocycles. The summed E-state index contributed by atoms with van der Waals surface area (Å²) in [6.07, 6.45) is 3.02. The number of aryl methyl sites for hydroxylation is 1. The number of benzene rings is 2. The fourth-order valence-corrected chi connectivity index (χ4v) is 2.67. The van der Waals surface area contributed by atoms with E-state index in [1.54, 1.807) is 49.5 Å². The van der Waals surface area contributed by atoms with Crippen LogP contribution in [0.2, 0.25) is 0 Å². The monoisotopic (exact) mass is 378 g/mol. The molecule has 0 bridgehead atoms. The van der Waals surface area contributed by atoms with Gasteiger partial charge in [0.15, 0.2) is 12.4 Å². The molecule has 0 saturated heterocycles. The van der Waals surface area contributed by atoms with Gasteiger partial charge in [0, 0.05) is 23.8 Å². The molecule has 4 rings (SSSR count). The van der Waals surface area contributed by atoms with E-state index in [-0.39, 0.29) is 12.3 Å². The Balaban J connectivity index is 1.51. The number of pyridine rings is 1. The fourth-order valence-electron chi connectivity index (χ4n) is 2.67. The predicted octanol–water partition coefficient (Wildman–Crippen LogP) is 4.21. The van der Waals surface area contributed by atoms with Crippen molar-refractivity contribution in [1.82, 2.24) is 15.1 Å². The second-order valence-electron chi connectivity index (χ2n) is 5.86. The smallest absolute Gasteiger partial charge is 0.279 e. The van der Waals surface area contributed by atoms with Crippen molar-refractivity contribution < 1.29 is 18.9 Å². The van der Waals surface area contributed by atoms with Crippen LogP contribution in [0.15, 0.2) is 59.4 Å². The van der Waals surface area contributed by atoms with Crippen LogP contribution in [0, 0.1) is 17.0 Å². The van der Waals surface area contributed by atoms with E-state index in [1.165, 1.54) is 12.3 Å². The zero-order chi connectivity index (χ0) is 19.5. The molecule has 9 nitrogen and oxygen atoms in total. The highest BCUT2D eigenvalue weighted by Crippen LogP contribution is 2.35. The molecule has 28 heavy (non-hydrogen) atoms. The average Bonchev–Trinajstić information content (AvgIpc) is 3.12. The van der Waals surface area contributed by atoms with Gasteiger partial charge in [-0.25, -0.2) is 0 Å². The number of non-ortho nitro benzene ring substituents is 1. The van der Waals surface area contributed by atoms with Crippen LogP contribution in [-0.2, 0) is 6.61 Å². The van der Waals surface area contributed by atoms with Gasteiger partial charge in [0.05, 0.1) is 10.3 Å². The Kier molecular flexibility index (Phi) is 4.55. The topological polar surface area (TPSA) is 113 Å². The lowest BCUT2D eigenvalue weighted by Gasteiger charge is -2.10. The van der Waals surface area contributed by atoms with Crippen LogP contribution in [0.4, 0.5) is 5.69 Å². The third-order valence-corrected chi connectivity index (χ3v) is 3.94. The Morgan fingerprint density at radius 1 is 1.07 bits per heavy atom. The molecule has 0 spiro atoms. The van der Waals surface area contributed by atoms with Gasteiger partial charge in [-0.3, -0.25) is 15.1 Å². The molecule has 0 amide bonds. The summed E-state index contributed by atoms with van der Waals surface area (Å²) in [6.45, 7) is 1.90. The zero-order valence-corrected chi connectivity index (χ0v) is 14.7. The summed E-state index contributed by atoms with van der Waals surface area (Å²) in [4.78, 5) is 18.8. The Bertz CT molecular complexity index is 1140. The summed E-state index contributed by atoms with van der Waals surface area (Å²) >= 11 is 0. The van der Waals surface area contributed by atoms with Gasteiger partial charge in [0.2, 0.25) is 0 Å². The van der Waals surface area contributed by atoms with Gasteiger partial charge in [0.1, 0.15) is 17.2 Å². The van der Waals surface area contributed by atoms with Crippen LogP contribution < -0.4 is 9.47 Å². The molecule has 2 aromatic carbocycles. The van der Waals surface area contributed by atoms with E-state index in [0.717, 1.165) is 0 Å². The summed E-state index contributed by atoms with van der Waals surface area (Å²) in [5, 5.41) is 15.9. The first-order valence-corrected chi connectivity index (χ1v) is 8.31. The number of rotatable bonds is 6. The molecule has 0 aliphatic heterocycles. The van der Waals surface area contributed by atoms with Crippen LogP contribution in [0.25, 0.3) is 10.8 Å². The number of hydrogen-bond acceptors (Lipinski definition) is 8. The molecule has 0 radical (unpaired) electrons. The summed E-state index contributed by atoms with van der Waals surface area (Å²) in [6, 6.07) is 11.6. The number of hydrogen-bond donors (Lipinski definition) is 0. The molecule has 0 unspecified atom stereocenters. The first-order chi connectivity index (χ1) is 13.6. The van der Waals surface area contributed by atoms with Crippen LogP contribution in [-0.4, -0.2) is 20.0 Å². The minimum absolute atomic E-state index is 0.0181. The quantitative estimate of drug-likeness (QED) is 0.362. The van der Waals surface area contributed by atoms with E-state index in [1.807, 2.05) is 0 Å². The largest absolute Gasteiger partial charge is 0.484 e. The van der Waals surface area contributed by atoms with Crippen molar-refractivity contribution in [2.45, 2.75) is 13.5 Å². The van der Waals surface area contributed by atoms with Crippen molar-refractivity contribution in [2.24, 2.45) is 0 Å². The highest BCUT2D eigenvalue weighted by molar-refractivity contribution is 5.94. The highest BCUT2D eigenvalue weighted by Gasteiger charge is 2.15. The number of nitrogens with zero attached hydrogens (tertiary/aromatic N) is 4. The molecule has 4 aromatic rings. The standard InChI is InChI=1S/C19H14N4O5/c1-12-21-19(28-22-12)11-26-13-2-4-14(5-3-13)27-18-7-6-17(23(24)25)16-10-20-9-8-15(16)18/h2-10H,11H2,1H3. The van der Waals surface area contributed by atoms with E-state index in [4.69, 9.17) is 14.0 Å². The molecule has 0 fully saturated rings. The maximum atomic E-state index is 11.2. The normalized spacial score (nSPS) is 10.8. The SMILES string of the molecule is Cc1noc(COc2ccc(Oc3ccc([N+](=O)[O-])c4cnccc34)cc2)n1. The minimum atomic E-state index is -0.440. The molecule has 9 heteroatoms. The lowest BCUT2D eigenvalue weighted by atomic mass is 10.1. The van der Waals surface area contributed by atoms with Crippen molar-refractivity contribution in [3.05, 3.63) is 76.7 Å². The zero-order valence-electron chi connectivity index (χ0n) is 14.7. The second-order valence-corrected chi connectivity index (χ2v) is 5.86. The molecular formula is C19H14N4O5. The molecule has 0 aliphatic rings. The first-order valence-electron chi connectivity index (χ1n) is 8.31. The van der Waals surface area contributed by atoms with E-state index in [0.29, 0.717) is 39.7 Å². The lowest BCUT2D eigenvalue weighted by molar-refractivity contribution is -0.383. The molecule has 140 valence electrons. The van der Waals surface area contributed by atoms with Crippen molar-refractivity contribution in [3.63, 3.8) is 0 Å². The Morgan fingerprint density at radius 3 is 2.57 bits per heavy atom. The number of aromatic nitrogens is 3. The minimum Gasteiger partial charge on any atom is -0.484 e. The lowest BCUT2D eigenvalue weighted by Crippen LogP contribution is -1.96. The number of nitro groups is 1. The Labute approximate surface area is 158 Å². The number of nitro benzene ring substituents is 1. The Hall–Kier alpha value is -4.01. The fraction of sp³-hybridized carbons (Fsp3) is 0.105. The van der Waals surface area contributed by atoms with Crippen LogP contribution in [0.3, 0.4) is 0 Å². The van der Waals surface area contributed by atoms with Gasteiger partial charge in [0.25, 0.3) is 11.6 Å². The maximum Gasteiger partial charge on any atom is 0.279 e. The molecule has 0 aliphatic carbocycles. The van der Waals surface area contributed by atoms with Crippen LogP contribution in [0.1, 0.15) is 11.7 Å². The highest BCUT2D eigenvalue weighted by atomic mass is 16.6. The van der Waals surface area contributed by atoms with Crippen molar-refractivity contribution in [2.75, 3.05) is 0 Å². The summed E-state index contributed by atoms with van der Waals surface area (Å²) < 4.78 is 16.5. The van der Waals surface area contributed by atoms with Crippen LogP contribution >= 0.6 is 0 Å². The van der Waals surface area contributed by atoms with Crippen molar-refractivity contribution in [1.29, 1.82) is 0 Å². The van der Waals surface area contributed by atoms with Crippen molar-refractivity contribution >= 4 is 16.5 Å². The van der Waals surface area contributed by atoms with E-state index >= 15 is 0 Å². The van der Waals surface area contributed by atoms with Gasteiger partial charge in [-0.05, 0) is 43.3 Å². The van der Waals surface area contributed by atoms with Gasteiger partial charge in [-0.1, -0.05) is 5.16 Å². The maximum absolute atomic E-state index is 11.2. The molecule has 0 atom stereocenters. The van der Waals surface area contributed by atoms with Gasteiger partial charge >= 0.3 is 0 Å². The van der Waals surface area contributed by atoms with Gasteiger partial charge < -0.3 is 14.0 Å². The van der Waals surface area contributed by atoms with Crippen LogP contribution in [0.5, 0.6) is 17.2 Å². The molecule has 0 N–H and O–H groups in total. The molecule has 2 heterocycles. The summed E-state index contributed by atoms with van der Waals surface area (Å²) in [7, 11) is 0. The summed E-state index contributed by atoms with van der Waals surface area (Å²) in [5.41, 5.74) is -0.0181. The first kappa shape index (κ1) is 17.4. The number of fused-ring (bicyclic) bond motifs is 1. The molecule has 0 saturated carbocycles.